The van der Waals surface area contributed by atoms with E-state index >= 15 is 0 Å². The number of carbonyl (C=O) groups is 3. The number of nitrogens with one attached hydrogen (secondary N) is 1. The smallest absolute Gasteiger partial charge is 0.311 e. The average molecular weight is 392 g/mol. The van der Waals surface area contributed by atoms with Gasteiger partial charge in [-0.1, -0.05) is 12.8 Å². The molecule has 0 spiro atoms. The molecule has 2 aliphatic heterocycles. The van der Waals surface area contributed by atoms with Crippen LogP contribution in [0.1, 0.15) is 57.8 Å². The van der Waals surface area contributed by atoms with Crippen LogP contribution in [0.3, 0.4) is 0 Å². The molecule has 0 bridgehead atoms. The van der Waals surface area contributed by atoms with Crippen molar-refractivity contribution in [2.75, 3.05) is 26.3 Å². The Balaban J connectivity index is 1.29. The van der Waals surface area contributed by atoms with Crippen molar-refractivity contribution in [3.8, 4) is 0 Å². The van der Waals surface area contributed by atoms with Crippen LogP contribution in [0, 0.1) is 23.2 Å². The van der Waals surface area contributed by atoms with E-state index in [0.717, 1.165) is 51.4 Å². The summed E-state index contributed by atoms with van der Waals surface area (Å²) in [5, 5.41) is 13.0. The SMILES string of the molecule is O=C(NC1CCC(C(=O)N2C[C@H]3COCC[C@@]3(C(=O)O)C2)CC1)C1CCCC1. The molecule has 2 aliphatic carbocycles. The van der Waals surface area contributed by atoms with E-state index in [-0.39, 0.29) is 35.6 Å². The van der Waals surface area contributed by atoms with Gasteiger partial charge in [-0.15, -0.1) is 0 Å². The van der Waals surface area contributed by atoms with Crippen molar-refractivity contribution in [1.29, 1.82) is 0 Å². The fraction of sp³-hybridized carbons (Fsp3) is 0.857. The summed E-state index contributed by atoms with van der Waals surface area (Å²) in [6.07, 6.45) is 8.00. The number of amides is 2. The number of nitrogens with zero attached hydrogens (tertiary/aromatic N) is 1. The Bertz CT molecular complexity index is 624. The molecule has 2 saturated heterocycles. The molecule has 0 aromatic rings. The van der Waals surface area contributed by atoms with Crippen molar-refractivity contribution in [3.63, 3.8) is 0 Å². The zero-order chi connectivity index (χ0) is 19.7. The lowest BCUT2D eigenvalue weighted by atomic mass is 9.74. The normalized spacial score (nSPS) is 36.1. The van der Waals surface area contributed by atoms with Crippen molar-refractivity contribution in [1.82, 2.24) is 10.2 Å². The number of hydrogen-bond donors (Lipinski definition) is 2. The number of rotatable bonds is 4. The quantitative estimate of drug-likeness (QED) is 0.761. The number of likely N-dealkylation sites (tertiary alicyclic amines) is 1. The van der Waals surface area contributed by atoms with E-state index in [1.165, 1.54) is 0 Å². The maximum atomic E-state index is 13.1. The van der Waals surface area contributed by atoms with Gasteiger partial charge in [0.05, 0.1) is 12.0 Å². The van der Waals surface area contributed by atoms with Gasteiger partial charge in [0.15, 0.2) is 0 Å². The molecule has 4 aliphatic rings. The van der Waals surface area contributed by atoms with Gasteiger partial charge in [0.1, 0.15) is 0 Å². The molecule has 156 valence electrons. The van der Waals surface area contributed by atoms with Crippen molar-refractivity contribution in [2.24, 2.45) is 23.2 Å². The van der Waals surface area contributed by atoms with Gasteiger partial charge in [0.2, 0.25) is 11.8 Å². The van der Waals surface area contributed by atoms with E-state index in [2.05, 4.69) is 5.32 Å². The molecular weight excluding hydrogens is 360 g/mol. The third-order valence-electron chi connectivity index (χ3n) is 7.59. The van der Waals surface area contributed by atoms with Crippen molar-refractivity contribution in [2.45, 2.75) is 63.8 Å². The minimum atomic E-state index is -0.833. The molecular formula is C21H32N2O5. The molecule has 2 heterocycles. The highest BCUT2D eigenvalue weighted by molar-refractivity contribution is 5.83. The Morgan fingerprint density at radius 2 is 1.71 bits per heavy atom. The zero-order valence-electron chi connectivity index (χ0n) is 16.5. The number of carboxylic acid groups (broad SMARTS) is 1. The van der Waals surface area contributed by atoms with E-state index in [9.17, 15) is 19.5 Å². The van der Waals surface area contributed by atoms with E-state index in [1.807, 2.05) is 0 Å². The first-order valence-corrected chi connectivity index (χ1v) is 10.9. The van der Waals surface area contributed by atoms with Crippen LogP contribution in [-0.2, 0) is 19.1 Å². The Labute approximate surface area is 166 Å². The fourth-order valence-corrected chi connectivity index (χ4v) is 5.72. The standard InChI is InChI=1S/C21H32N2O5/c24-18(14-3-1-2-4-14)22-17-7-5-15(6-8-17)19(25)23-11-16-12-28-10-9-21(16,13-23)20(26)27/h14-17H,1-13H2,(H,22,24)(H,26,27)/t15?,16-,17?,21+/m0/s1. The third-order valence-corrected chi connectivity index (χ3v) is 7.59. The van der Waals surface area contributed by atoms with Gasteiger partial charge in [-0.25, -0.2) is 0 Å². The highest BCUT2D eigenvalue weighted by Gasteiger charge is 2.55. The first kappa shape index (κ1) is 19.7. The summed E-state index contributed by atoms with van der Waals surface area (Å²) in [5.41, 5.74) is -0.833. The molecule has 7 nitrogen and oxygen atoms in total. The molecule has 2 saturated carbocycles. The van der Waals surface area contributed by atoms with Gasteiger partial charge in [-0.05, 0) is 44.9 Å². The minimum absolute atomic E-state index is 0.0495. The van der Waals surface area contributed by atoms with E-state index < -0.39 is 11.4 Å². The number of ether oxygens (including phenoxy) is 1. The molecule has 0 unspecified atom stereocenters. The maximum Gasteiger partial charge on any atom is 0.311 e. The molecule has 7 heteroatoms. The Hall–Kier alpha value is -1.63. The fourth-order valence-electron chi connectivity index (χ4n) is 5.72. The van der Waals surface area contributed by atoms with E-state index in [0.29, 0.717) is 32.7 Å². The number of carboxylic acids is 1. The number of carbonyl (C=O) groups excluding carboxylic acids is 2. The van der Waals surface area contributed by atoms with Crippen LogP contribution in [0.15, 0.2) is 0 Å². The first-order valence-electron chi connectivity index (χ1n) is 10.9. The molecule has 4 rings (SSSR count). The van der Waals surface area contributed by atoms with Crippen molar-refractivity contribution < 1.29 is 24.2 Å². The lowest BCUT2D eigenvalue weighted by Crippen LogP contribution is -2.45. The summed E-state index contributed by atoms with van der Waals surface area (Å²) in [7, 11) is 0. The molecule has 0 radical (unpaired) electrons. The molecule has 0 aromatic carbocycles. The summed E-state index contributed by atoms with van der Waals surface area (Å²) in [6, 6.07) is 0.178. The molecule has 2 atom stereocenters. The van der Waals surface area contributed by atoms with Crippen LogP contribution in [0.2, 0.25) is 0 Å². The summed E-state index contributed by atoms with van der Waals surface area (Å²) < 4.78 is 5.48. The van der Waals surface area contributed by atoms with Gasteiger partial charge in [0, 0.05) is 43.5 Å². The maximum absolute atomic E-state index is 13.1. The number of aliphatic carboxylic acids is 1. The molecule has 2 amide bonds. The van der Waals surface area contributed by atoms with Crippen LogP contribution in [0.4, 0.5) is 0 Å². The predicted molar refractivity (Wildman–Crippen MR) is 101 cm³/mol. The number of fused-ring (bicyclic) bond motifs is 1. The van der Waals surface area contributed by atoms with Crippen LogP contribution in [0.5, 0.6) is 0 Å². The first-order chi connectivity index (χ1) is 13.5. The highest BCUT2D eigenvalue weighted by Crippen LogP contribution is 2.43. The third kappa shape index (κ3) is 3.65. The van der Waals surface area contributed by atoms with Gasteiger partial charge in [-0.2, -0.15) is 0 Å². The largest absolute Gasteiger partial charge is 0.481 e. The van der Waals surface area contributed by atoms with Crippen LogP contribution >= 0.6 is 0 Å². The molecule has 4 fully saturated rings. The van der Waals surface area contributed by atoms with Gasteiger partial charge in [0.25, 0.3) is 0 Å². The predicted octanol–water partition coefficient (Wildman–Crippen LogP) is 1.80. The Kier molecular flexibility index (Phi) is 5.63. The second-order valence-corrected chi connectivity index (χ2v) is 9.24. The topological polar surface area (TPSA) is 95.9 Å². The Morgan fingerprint density at radius 3 is 2.36 bits per heavy atom. The van der Waals surface area contributed by atoms with Crippen molar-refractivity contribution >= 4 is 17.8 Å². The highest BCUT2D eigenvalue weighted by atomic mass is 16.5. The number of hydrogen-bond acceptors (Lipinski definition) is 4. The summed E-state index contributed by atoms with van der Waals surface area (Å²) in [4.78, 5) is 39.1. The van der Waals surface area contributed by atoms with Crippen LogP contribution in [-0.4, -0.2) is 60.1 Å². The van der Waals surface area contributed by atoms with E-state index in [4.69, 9.17) is 4.74 Å². The van der Waals surface area contributed by atoms with Crippen molar-refractivity contribution in [3.05, 3.63) is 0 Å². The Morgan fingerprint density at radius 1 is 1.00 bits per heavy atom. The lowest BCUT2D eigenvalue weighted by molar-refractivity contribution is -0.157. The monoisotopic (exact) mass is 392 g/mol. The second kappa shape index (κ2) is 8.01. The van der Waals surface area contributed by atoms with Crippen LogP contribution in [0.25, 0.3) is 0 Å². The second-order valence-electron chi connectivity index (χ2n) is 9.24. The average Bonchev–Trinajstić information content (AvgIpc) is 3.36. The van der Waals surface area contributed by atoms with Crippen LogP contribution < -0.4 is 5.32 Å². The summed E-state index contributed by atoms with van der Waals surface area (Å²) >= 11 is 0. The zero-order valence-corrected chi connectivity index (χ0v) is 16.5. The van der Waals surface area contributed by atoms with Gasteiger partial charge in [-0.3, -0.25) is 14.4 Å². The summed E-state index contributed by atoms with van der Waals surface area (Å²) in [5.74, 6) is -0.484. The van der Waals surface area contributed by atoms with E-state index in [1.54, 1.807) is 4.90 Å². The molecule has 2 N–H and O–H groups in total. The lowest BCUT2D eigenvalue weighted by Gasteiger charge is -2.34. The minimum Gasteiger partial charge on any atom is -0.481 e. The molecule has 0 aromatic heterocycles. The van der Waals surface area contributed by atoms with Gasteiger partial charge >= 0.3 is 5.97 Å². The summed E-state index contributed by atoms with van der Waals surface area (Å²) in [6.45, 7) is 1.68. The molecule has 28 heavy (non-hydrogen) atoms. The van der Waals surface area contributed by atoms with Gasteiger partial charge < -0.3 is 20.1 Å².